The van der Waals surface area contributed by atoms with Crippen LogP contribution in [-0.2, 0) is 9.84 Å². The van der Waals surface area contributed by atoms with Crippen molar-refractivity contribution in [3.8, 4) is 22.3 Å². The van der Waals surface area contributed by atoms with Gasteiger partial charge in [-0.3, -0.25) is 19.2 Å². The summed E-state index contributed by atoms with van der Waals surface area (Å²) in [4.78, 5) is 56.4. The van der Waals surface area contributed by atoms with Crippen molar-refractivity contribution in [2.45, 2.75) is 37.5 Å². The van der Waals surface area contributed by atoms with Crippen molar-refractivity contribution in [2.24, 2.45) is 0 Å². The molecule has 0 fully saturated rings. The fourth-order valence-electron chi connectivity index (χ4n) is 7.57. The van der Waals surface area contributed by atoms with Gasteiger partial charge < -0.3 is 11.5 Å². The van der Waals surface area contributed by atoms with E-state index >= 15 is 0 Å². The number of amides is 4. The Kier molecular flexibility index (Phi) is 8.09. The van der Waals surface area contributed by atoms with Crippen LogP contribution in [0.3, 0.4) is 0 Å². The smallest absolute Gasteiger partial charge is 0.266 e. The molecule has 0 radical (unpaired) electrons. The molecule has 11 heteroatoms. The van der Waals surface area contributed by atoms with Gasteiger partial charge in [-0.05, 0) is 157 Å². The van der Waals surface area contributed by atoms with E-state index in [9.17, 15) is 27.6 Å². The second-order valence-corrected chi connectivity index (χ2v) is 15.9. The number of aryl methyl sites for hydroxylation is 4. The number of sulfone groups is 1. The molecule has 0 bridgehead atoms. The maximum absolute atomic E-state index is 14.1. The van der Waals surface area contributed by atoms with E-state index < -0.39 is 33.5 Å². The second kappa shape index (κ2) is 12.6. The Hall–Kier alpha value is -6.85. The molecule has 10 nitrogen and oxygen atoms in total. The summed E-state index contributed by atoms with van der Waals surface area (Å²) in [6, 6.07) is 29.8. The molecule has 0 unspecified atom stereocenters. The average molecular weight is 747 g/mol. The molecule has 0 saturated heterocycles. The monoisotopic (exact) mass is 746 g/mol. The van der Waals surface area contributed by atoms with Gasteiger partial charge in [0.1, 0.15) is 0 Å². The van der Waals surface area contributed by atoms with Crippen LogP contribution in [0.15, 0.2) is 119 Å². The van der Waals surface area contributed by atoms with Gasteiger partial charge in [0, 0.05) is 11.4 Å². The highest BCUT2D eigenvalue weighted by Crippen LogP contribution is 2.38. The normalized spacial score (nSPS) is 13.8. The van der Waals surface area contributed by atoms with Crippen molar-refractivity contribution in [3.05, 3.63) is 154 Å². The second-order valence-electron chi connectivity index (χ2n) is 14.0. The topological polar surface area (TPSA) is 161 Å². The lowest BCUT2D eigenvalue weighted by atomic mass is 9.96. The minimum atomic E-state index is -4.12. The summed E-state index contributed by atoms with van der Waals surface area (Å²) in [6.07, 6.45) is 0. The van der Waals surface area contributed by atoms with Crippen LogP contribution in [0.5, 0.6) is 0 Å². The van der Waals surface area contributed by atoms with E-state index in [1.807, 2.05) is 38.1 Å². The molecule has 2 aliphatic rings. The van der Waals surface area contributed by atoms with Crippen molar-refractivity contribution in [1.29, 1.82) is 0 Å². The molecule has 6 aromatic carbocycles. The number of rotatable bonds is 6. The Morgan fingerprint density at radius 2 is 0.764 bits per heavy atom. The molecule has 0 aromatic heterocycles. The zero-order chi connectivity index (χ0) is 39.1. The van der Waals surface area contributed by atoms with E-state index in [0.717, 1.165) is 43.2 Å². The number of fused-ring (bicyclic) bond motifs is 2. The average Bonchev–Trinajstić information content (AvgIpc) is 3.54. The van der Waals surface area contributed by atoms with Gasteiger partial charge in [0.25, 0.3) is 23.6 Å². The van der Waals surface area contributed by atoms with Crippen molar-refractivity contribution in [2.75, 3.05) is 21.3 Å². The molecule has 55 heavy (non-hydrogen) atoms. The number of imide groups is 2. The summed E-state index contributed by atoms with van der Waals surface area (Å²) in [5.74, 6) is -2.04. The SMILES string of the molecule is Cc1cc(N)ccc1-c1ccc2c(c1)C(=O)N(c1ccc(S(=O)(=O)c3ccc(N4C(=O)c5ccc(-c6ccc(N)cc6C)cc5C4=O)cc3C)c(C)c1)C2=O. The first kappa shape index (κ1) is 35.2. The minimum Gasteiger partial charge on any atom is -0.399 e. The van der Waals surface area contributed by atoms with Gasteiger partial charge >= 0.3 is 0 Å². The summed E-state index contributed by atoms with van der Waals surface area (Å²) in [5, 5.41) is 0. The van der Waals surface area contributed by atoms with Crippen LogP contribution < -0.4 is 21.3 Å². The molecule has 0 aliphatic carbocycles. The fraction of sp³-hybridized carbons (Fsp3) is 0.0909. The highest BCUT2D eigenvalue weighted by Gasteiger charge is 2.39. The van der Waals surface area contributed by atoms with Gasteiger partial charge in [-0.2, -0.15) is 0 Å². The fourth-order valence-corrected chi connectivity index (χ4v) is 9.27. The van der Waals surface area contributed by atoms with Crippen LogP contribution in [-0.4, -0.2) is 32.0 Å². The van der Waals surface area contributed by atoms with E-state index in [1.54, 1.807) is 62.4 Å². The van der Waals surface area contributed by atoms with Crippen LogP contribution in [0.2, 0.25) is 0 Å². The number of carbonyl (C=O) groups excluding carboxylic acids is 4. The molecular formula is C44H34N4O6S. The first-order chi connectivity index (χ1) is 26.1. The third-order valence-electron chi connectivity index (χ3n) is 10.3. The third-order valence-corrected chi connectivity index (χ3v) is 12.4. The highest BCUT2D eigenvalue weighted by atomic mass is 32.2. The van der Waals surface area contributed by atoms with E-state index in [0.29, 0.717) is 22.5 Å². The zero-order valence-corrected chi connectivity index (χ0v) is 31.1. The van der Waals surface area contributed by atoms with Gasteiger partial charge in [0.2, 0.25) is 9.84 Å². The van der Waals surface area contributed by atoms with Gasteiger partial charge in [0.05, 0.1) is 43.4 Å². The summed E-state index contributed by atoms with van der Waals surface area (Å²) >= 11 is 0. The molecule has 2 heterocycles. The van der Waals surface area contributed by atoms with Crippen molar-refractivity contribution < 1.29 is 27.6 Å². The predicted octanol–water partition coefficient (Wildman–Crippen LogP) is 7.85. The molecule has 0 atom stereocenters. The van der Waals surface area contributed by atoms with Crippen LogP contribution in [0.1, 0.15) is 63.7 Å². The van der Waals surface area contributed by atoms with E-state index in [2.05, 4.69) is 0 Å². The molecule has 8 rings (SSSR count). The number of carbonyl (C=O) groups is 4. The van der Waals surface area contributed by atoms with Gasteiger partial charge in [0.15, 0.2) is 0 Å². The first-order valence-electron chi connectivity index (χ1n) is 17.4. The zero-order valence-electron chi connectivity index (χ0n) is 30.3. The van der Waals surface area contributed by atoms with E-state index in [4.69, 9.17) is 11.5 Å². The maximum Gasteiger partial charge on any atom is 0.266 e. The maximum atomic E-state index is 14.1. The number of benzene rings is 6. The molecular weight excluding hydrogens is 713 g/mol. The lowest BCUT2D eigenvalue weighted by Crippen LogP contribution is -2.29. The first-order valence-corrected chi connectivity index (χ1v) is 18.9. The van der Waals surface area contributed by atoms with Crippen LogP contribution in [0, 0.1) is 27.7 Å². The lowest BCUT2D eigenvalue weighted by molar-refractivity contribution is 0.0910. The van der Waals surface area contributed by atoms with Crippen molar-refractivity contribution in [3.63, 3.8) is 0 Å². The minimum absolute atomic E-state index is 0.0176. The number of nitrogens with zero attached hydrogens (tertiary/aromatic N) is 2. The predicted molar refractivity (Wildman–Crippen MR) is 212 cm³/mol. The molecule has 272 valence electrons. The number of nitrogens with two attached hydrogens (primary N) is 2. The van der Waals surface area contributed by atoms with Gasteiger partial charge in [-0.25, -0.2) is 18.2 Å². The molecule has 0 spiro atoms. The summed E-state index contributed by atoms with van der Waals surface area (Å²) in [7, 11) is -4.12. The number of hydrogen-bond acceptors (Lipinski definition) is 8. The standard InChI is InChI=1S/C44H34N4O6S/c1-23-17-29(45)7-13-33(23)27-5-11-35-37(21-27)43(51)47(41(35)49)31-9-15-39(25(3)19-31)55(53,54)40-16-10-32(20-26(40)4)48-42(50)36-12-6-28(22-38(36)44(48)52)34-14-8-30(46)18-24(34)2/h5-22H,45-46H2,1-4H3. The van der Waals surface area contributed by atoms with Crippen molar-refractivity contribution in [1.82, 2.24) is 0 Å². The van der Waals surface area contributed by atoms with Crippen molar-refractivity contribution >= 4 is 56.2 Å². The molecule has 4 amide bonds. The molecule has 0 saturated carbocycles. The third kappa shape index (κ3) is 5.59. The number of anilines is 4. The number of hydrogen-bond donors (Lipinski definition) is 2. The van der Waals surface area contributed by atoms with E-state index in [-0.39, 0.29) is 43.4 Å². The van der Waals surface area contributed by atoms with E-state index in [1.165, 1.54) is 36.4 Å². The Balaban J connectivity index is 1.06. The Morgan fingerprint density at radius 3 is 1.13 bits per heavy atom. The summed E-state index contributed by atoms with van der Waals surface area (Å²) in [6.45, 7) is 7.03. The van der Waals surface area contributed by atoms with Crippen LogP contribution >= 0.6 is 0 Å². The van der Waals surface area contributed by atoms with Crippen LogP contribution in [0.25, 0.3) is 22.3 Å². The molecule has 2 aliphatic heterocycles. The van der Waals surface area contributed by atoms with Gasteiger partial charge in [-0.15, -0.1) is 0 Å². The molecule has 4 N–H and O–H groups in total. The lowest BCUT2D eigenvalue weighted by Gasteiger charge is -2.18. The highest BCUT2D eigenvalue weighted by molar-refractivity contribution is 7.91. The Labute approximate surface area is 317 Å². The molecule has 6 aromatic rings. The van der Waals surface area contributed by atoms with Crippen LogP contribution in [0.4, 0.5) is 22.7 Å². The largest absolute Gasteiger partial charge is 0.399 e. The van der Waals surface area contributed by atoms with Gasteiger partial charge in [-0.1, -0.05) is 24.3 Å². The quantitative estimate of drug-likeness (QED) is 0.129. The Morgan fingerprint density at radius 1 is 0.400 bits per heavy atom. The summed E-state index contributed by atoms with van der Waals surface area (Å²) < 4.78 is 28.2. The Bertz CT molecular complexity index is 2660. The number of nitrogen functional groups attached to an aromatic ring is 2. The summed E-state index contributed by atoms with van der Waals surface area (Å²) in [5.41, 5.74) is 20.3.